The summed E-state index contributed by atoms with van der Waals surface area (Å²) in [6.07, 6.45) is 0. The lowest BCUT2D eigenvalue weighted by atomic mass is 9.92. The van der Waals surface area contributed by atoms with Crippen LogP contribution in [-0.4, -0.2) is 17.4 Å². The Hall–Kier alpha value is -1.45. The molecule has 1 aromatic rings. The number of halogens is 2. The number of primary amides is 1. The molecule has 0 aromatic heterocycles. The van der Waals surface area contributed by atoms with E-state index in [9.17, 15) is 19.3 Å². The zero-order valence-corrected chi connectivity index (χ0v) is 12.5. The van der Waals surface area contributed by atoms with Crippen molar-refractivity contribution in [2.24, 2.45) is 11.1 Å². The number of hydrogen-bond acceptors (Lipinski definition) is 4. The molecule has 1 amide bonds. The minimum absolute atomic E-state index is 0.0252. The first-order valence-corrected chi connectivity index (χ1v) is 6.40. The SMILES string of the molecule is CC(C)(CNc1cc(F)c(I)cc1[N+](=O)[O-])C(N)=O. The fourth-order valence-corrected chi connectivity index (χ4v) is 1.68. The van der Waals surface area contributed by atoms with Crippen LogP contribution in [0.1, 0.15) is 13.8 Å². The maximum absolute atomic E-state index is 13.4. The third-order valence-corrected chi connectivity index (χ3v) is 3.45. The Kier molecular flexibility index (Phi) is 4.66. The molecule has 0 aliphatic heterocycles. The Morgan fingerprint density at radius 1 is 1.58 bits per heavy atom. The first-order valence-electron chi connectivity index (χ1n) is 5.32. The summed E-state index contributed by atoms with van der Waals surface area (Å²) in [4.78, 5) is 21.4. The van der Waals surface area contributed by atoms with Crippen molar-refractivity contribution in [3.8, 4) is 0 Å². The predicted octanol–water partition coefficient (Wildman–Crippen LogP) is 2.26. The molecule has 1 rings (SSSR count). The molecule has 3 N–H and O–H groups in total. The number of carbonyl (C=O) groups excluding carboxylic acids is 1. The van der Waals surface area contributed by atoms with Gasteiger partial charge in [0, 0.05) is 18.7 Å². The van der Waals surface area contributed by atoms with Crippen LogP contribution >= 0.6 is 22.6 Å². The van der Waals surface area contributed by atoms with E-state index in [2.05, 4.69) is 5.32 Å². The molecule has 6 nitrogen and oxygen atoms in total. The number of nitrogens with one attached hydrogen (secondary N) is 1. The average molecular weight is 381 g/mol. The second-order valence-electron chi connectivity index (χ2n) is 4.64. The van der Waals surface area contributed by atoms with Gasteiger partial charge in [0.15, 0.2) is 0 Å². The van der Waals surface area contributed by atoms with Gasteiger partial charge in [-0.25, -0.2) is 4.39 Å². The topological polar surface area (TPSA) is 98.3 Å². The number of nitrogens with two attached hydrogens (primary N) is 1. The van der Waals surface area contributed by atoms with Crippen LogP contribution in [0.3, 0.4) is 0 Å². The molecule has 0 saturated heterocycles. The summed E-state index contributed by atoms with van der Waals surface area (Å²) in [6, 6.07) is 2.17. The highest BCUT2D eigenvalue weighted by Crippen LogP contribution is 2.29. The fraction of sp³-hybridized carbons (Fsp3) is 0.364. The molecule has 0 atom stereocenters. The zero-order valence-electron chi connectivity index (χ0n) is 10.4. The Balaban J connectivity index is 3.04. The summed E-state index contributed by atoms with van der Waals surface area (Å²) < 4.78 is 13.6. The van der Waals surface area contributed by atoms with Gasteiger partial charge in [0.2, 0.25) is 5.91 Å². The van der Waals surface area contributed by atoms with E-state index in [-0.39, 0.29) is 21.5 Å². The molecule has 0 radical (unpaired) electrons. The maximum Gasteiger partial charge on any atom is 0.293 e. The van der Waals surface area contributed by atoms with Crippen LogP contribution in [-0.2, 0) is 4.79 Å². The molecule has 0 heterocycles. The molecule has 0 fully saturated rings. The van der Waals surface area contributed by atoms with Gasteiger partial charge < -0.3 is 11.1 Å². The number of carbonyl (C=O) groups is 1. The van der Waals surface area contributed by atoms with Crippen LogP contribution < -0.4 is 11.1 Å². The van der Waals surface area contributed by atoms with Gasteiger partial charge in [-0.2, -0.15) is 0 Å². The van der Waals surface area contributed by atoms with E-state index in [1.165, 1.54) is 0 Å². The van der Waals surface area contributed by atoms with E-state index in [4.69, 9.17) is 5.73 Å². The van der Waals surface area contributed by atoms with Crippen LogP contribution in [0.2, 0.25) is 0 Å². The highest BCUT2D eigenvalue weighted by atomic mass is 127. The third kappa shape index (κ3) is 3.75. The number of nitro groups is 1. The zero-order chi connectivity index (χ0) is 14.8. The third-order valence-electron chi connectivity index (χ3n) is 2.62. The second-order valence-corrected chi connectivity index (χ2v) is 5.80. The molecule has 0 unspecified atom stereocenters. The van der Waals surface area contributed by atoms with Gasteiger partial charge in [-0.05, 0) is 36.4 Å². The highest BCUT2D eigenvalue weighted by molar-refractivity contribution is 14.1. The van der Waals surface area contributed by atoms with Gasteiger partial charge in [0.1, 0.15) is 11.5 Å². The predicted molar refractivity (Wildman–Crippen MR) is 77.2 cm³/mol. The van der Waals surface area contributed by atoms with Crippen molar-refractivity contribution in [1.29, 1.82) is 0 Å². The van der Waals surface area contributed by atoms with Crippen molar-refractivity contribution >= 4 is 39.9 Å². The largest absolute Gasteiger partial charge is 0.378 e. The van der Waals surface area contributed by atoms with Crippen LogP contribution in [0.4, 0.5) is 15.8 Å². The van der Waals surface area contributed by atoms with E-state index >= 15 is 0 Å². The summed E-state index contributed by atoms with van der Waals surface area (Å²) in [5, 5.41) is 13.6. The molecule has 0 spiro atoms. The van der Waals surface area contributed by atoms with Crippen molar-refractivity contribution in [3.05, 3.63) is 31.6 Å². The normalized spacial score (nSPS) is 11.2. The smallest absolute Gasteiger partial charge is 0.293 e. The van der Waals surface area contributed by atoms with Crippen LogP contribution in [0.25, 0.3) is 0 Å². The van der Waals surface area contributed by atoms with Crippen molar-refractivity contribution in [2.75, 3.05) is 11.9 Å². The van der Waals surface area contributed by atoms with E-state index in [1.807, 2.05) is 0 Å². The monoisotopic (exact) mass is 381 g/mol. The minimum Gasteiger partial charge on any atom is -0.378 e. The first kappa shape index (κ1) is 15.6. The van der Waals surface area contributed by atoms with Crippen molar-refractivity contribution in [3.63, 3.8) is 0 Å². The van der Waals surface area contributed by atoms with E-state index < -0.39 is 22.1 Å². The van der Waals surface area contributed by atoms with Gasteiger partial charge in [0.05, 0.1) is 13.9 Å². The number of amides is 1. The lowest BCUT2D eigenvalue weighted by Crippen LogP contribution is -2.37. The van der Waals surface area contributed by atoms with Crippen LogP contribution in [0.5, 0.6) is 0 Å². The Bertz CT molecular complexity index is 534. The second kappa shape index (κ2) is 5.68. The summed E-state index contributed by atoms with van der Waals surface area (Å²) in [5.74, 6) is -1.11. The number of anilines is 1. The summed E-state index contributed by atoms with van der Waals surface area (Å²) in [7, 11) is 0. The Morgan fingerprint density at radius 2 is 2.16 bits per heavy atom. The van der Waals surface area contributed by atoms with Crippen LogP contribution in [0.15, 0.2) is 12.1 Å². The molecule has 0 saturated carbocycles. The number of rotatable bonds is 5. The Morgan fingerprint density at radius 3 is 2.63 bits per heavy atom. The lowest BCUT2D eigenvalue weighted by molar-refractivity contribution is -0.384. The van der Waals surface area contributed by atoms with E-state index in [0.717, 1.165) is 12.1 Å². The van der Waals surface area contributed by atoms with E-state index in [1.54, 1.807) is 36.4 Å². The van der Waals surface area contributed by atoms with Gasteiger partial charge in [0.25, 0.3) is 5.69 Å². The van der Waals surface area contributed by atoms with Crippen molar-refractivity contribution < 1.29 is 14.1 Å². The molecule has 1 aromatic carbocycles. The molecule has 0 aliphatic carbocycles. The quantitative estimate of drug-likeness (QED) is 0.465. The average Bonchev–Trinajstić information content (AvgIpc) is 2.29. The standard InChI is InChI=1S/C11H13FIN3O3/c1-11(2,10(14)17)5-15-8-3-6(12)7(13)4-9(8)16(18)19/h3-4,15H,5H2,1-2H3,(H2,14,17). The number of benzene rings is 1. The fourth-order valence-electron chi connectivity index (χ4n) is 1.23. The molecule has 8 heteroatoms. The molecule has 0 bridgehead atoms. The van der Waals surface area contributed by atoms with Gasteiger partial charge in [-0.3, -0.25) is 14.9 Å². The van der Waals surface area contributed by atoms with Gasteiger partial charge >= 0.3 is 0 Å². The molecule has 0 aliphatic rings. The minimum atomic E-state index is -0.895. The van der Waals surface area contributed by atoms with Crippen molar-refractivity contribution in [2.45, 2.75) is 13.8 Å². The summed E-state index contributed by atoms with van der Waals surface area (Å²) in [6.45, 7) is 3.26. The molecular formula is C11H13FIN3O3. The lowest BCUT2D eigenvalue weighted by Gasteiger charge is -2.21. The molecule has 104 valence electrons. The number of hydrogen-bond donors (Lipinski definition) is 2. The van der Waals surface area contributed by atoms with Crippen LogP contribution in [0, 0.1) is 24.9 Å². The Labute approximate surface area is 122 Å². The first-order chi connectivity index (χ1) is 8.65. The number of nitrogens with zero attached hydrogens (tertiary/aromatic N) is 1. The summed E-state index contributed by atoms with van der Waals surface area (Å²) >= 11 is 1.67. The highest BCUT2D eigenvalue weighted by Gasteiger charge is 2.26. The number of nitro benzene ring substituents is 1. The summed E-state index contributed by atoms with van der Waals surface area (Å²) in [5.41, 5.74) is 4.08. The van der Waals surface area contributed by atoms with E-state index in [0.29, 0.717) is 0 Å². The van der Waals surface area contributed by atoms with Gasteiger partial charge in [-0.1, -0.05) is 0 Å². The molecular weight excluding hydrogens is 368 g/mol. The van der Waals surface area contributed by atoms with Crippen molar-refractivity contribution in [1.82, 2.24) is 0 Å². The molecule has 19 heavy (non-hydrogen) atoms. The maximum atomic E-state index is 13.4. The van der Waals surface area contributed by atoms with Gasteiger partial charge in [-0.15, -0.1) is 0 Å².